The summed E-state index contributed by atoms with van der Waals surface area (Å²) in [6.45, 7) is 7.27. The molecule has 3 aromatic rings. The van der Waals surface area contributed by atoms with Crippen LogP contribution in [0.25, 0.3) is 11.1 Å². The van der Waals surface area contributed by atoms with Gasteiger partial charge in [-0.05, 0) is 67.7 Å². The minimum Gasteiger partial charge on any atom is -0.493 e. The molecule has 1 aliphatic heterocycles. The number of anilines is 1. The summed E-state index contributed by atoms with van der Waals surface area (Å²) in [6.07, 6.45) is 1.93. The van der Waals surface area contributed by atoms with Crippen molar-refractivity contribution < 1.29 is 23.8 Å². The third-order valence-corrected chi connectivity index (χ3v) is 5.77. The van der Waals surface area contributed by atoms with E-state index in [1.54, 1.807) is 19.2 Å². The summed E-state index contributed by atoms with van der Waals surface area (Å²) in [4.78, 5) is 18.2. The summed E-state index contributed by atoms with van der Waals surface area (Å²) in [5, 5.41) is 12.7. The first-order valence-corrected chi connectivity index (χ1v) is 11.4. The molecule has 0 aliphatic carbocycles. The molecule has 0 bridgehead atoms. The van der Waals surface area contributed by atoms with Gasteiger partial charge in [-0.25, -0.2) is 4.79 Å². The number of ether oxygens (including phenoxy) is 2. The number of hydrogen-bond acceptors (Lipinski definition) is 7. The maximum absolute atomic E-state index is 11.4. The number of carboxylic acids is 1. The second-order valence-electron chi connectivity index (χ2n) is 8.78. The smallest absolute Gasteiger partial charge is 0.335 e. The number of carbonyl (C=O) groups is 1. The van der Waals surface area contributed by atoms with Crippen LogP contribution < -0.4 is 19.7 Å². The maximum Gasteiger partial charge on any atom is 0.335 e. The zero-order valence-electron chi connectivity index (χ0n) is 19.3. The van der Waals surface area contributed by atoms with Crippen molar-refractivity contribution in [3.8, 4) is 11.5 Å². The van der Waals surface area contributed by atoms with Crippen LogP contribution in [0, 0.1) is 5.92 Å². The van der Waals surface area contributed by atoms with Crippen molar-refractivity contribution in [2.75, 3.05) is 31.7 Å². The summed E-state index contributed by atoms with van der Waals surface area (Å²) in [6, 6.07) is 11.5. The molecule has 8 heteroatoms. The molecule has 0 spiro atoms. The van der Waals surface area contributed by atoms with E-state index in [4.69, 9.17) is 18.9 Å². The zero-order chi connectivity index (χ0) is 23.4. The number of nitrogens with zero attached hydrogens (tertiary/aromatic N) is 2. The molecule has 1 aromatic heterocycles. The maximum atomic E-state index is 11.4. The van der Waals surface area contributed by atoms with Gasteiger partial charge >= 0.3 is 5.97 Å². The predicted molar refractivity (Wildman–Crippen MR) is 126 cm³/mol. The van der Waals surface area contributed by atoms with Gasteiger partial charge in [0.05, 0.1) is 19.3 Å². The molecule has 1 aliphatic rings. The molecule has 2 aromatic carbocycles. The highest BCUT2D eigenvalue weighted by molar-refractivity contribution is 5.92. The Morgan fingerprint density at radius 1 is 1.21 bits per heavy atom. The molecule has 0 radical (unpaired) electrons. The number of aromatic carboxylic acids is 1. The number of oxazole rings is 1. The van der Waals surface area contributed by atoms with Crippen molar-refractivity contribution in [2.45, 2.75) is 39.3 Å². The van der Waals surface area contributed by atoms with Gasteiger partial charge in [-0.1, -0.05) is 19.9 Å². The minimum atomic E-state index is -0.989. The Hall–Kier alpha value is -3.26. The number of piperidine rings is 1. The molecule has 0 atom stereocenters. The van der Waals surface area contributed by atoms with E-state index in [0.29, 0.717) is 41.9 Å². The van der Waals surface area contributed by atoms with Crippen molar-refractivity contribution in [2.24, 2.45) is 5.92 Å². The normalized spacial score (nSPS) is 14.5. The molecule has 1 fully saturated rings. The third kappa shape index (κ3) is 5.39. The van der Waals surface area contributed by atoms with E-state index in [-0.39, 0.29) is 11.6 Å². The van der Waals surface area contributed by atoms with Crippen molar-refractivity contribution in [1.29, 1.82) is 0 Å². The highest BCUT2D eigenvalue weighted by Crippen LogP contribution is 2.32. The van der Waals surface area contributed by atoms with Gasteiger partial charge in [0.2, 0.25) is 0 Å². The zero-order valence-corrected chi connectivity index (χ0v) is 19.3. The van der Waals surface area contributed by atoms with Crippen LogP contribution in [-0.2, 0) is 6.54 Å². The Morgan fingerprint density at radius 3 is 2.70 bits per heavy atom. The standard InChI is InChI=1S/C25H31N3O5/c1-16(2)15-32-23-12-17(4-7-21(23)31-3)14-28(19-8-10-26-11-9-19)25-27-20-6-5-18(24(29)30)13-22(20)33-25/h4-7,12-13,16,19,26H,8-11,14-15H2,1-3H3,(H,29,30). The molecule has 2 N–H and O–H groups in total. The molecule has 0 amide bonds. The monoisotopic (exact) mass is 453 g/mol. The van der Waals surface area contributed by atoms with E-state index in [2.05, 4.69) is 24.1 Å². The first kappa shape index (κ1) is 22.9. The lowest BCUT2D eigenvalue weighted by Crippen LogP contribution is -2.43. The van der Waals surface area contributed by atoms with Crippen LogP contribution in [0.1, 0.15) is 42.6 Å². The van der Waals surface area contributed by atoms with Crippen molar-refractivity contribution in [1.82, 2.24) is 10.3 Å². The number of fused-ring (bicyclic) bond motifs is 1. The molecule has 0 saturated carbocycles. The fourth-order valence-electron chi connectivity index (χ4n) is 4.03. The lowest BCUT2D eigenvalue weighted by molar-refractivity contribution is 0.0697. The van der Waals surface area contributed by atoms with E-state index >= 15 is 0 Å². The number of aromatic nitrogens is 1. The summed E-state index contributed by atoms with van der Waals surface area (Å²) in [5.74, 6) is 0.839. The van der Waals surface area contributed by atoms with E-state index < -0.39 is 5.97 Å². The largest absolute Gasteiger partial charge is 0.493 e. The van der Waals surface area contributed by atoms with Gasteiger partial charge in [0.1, 0.15) is 5.52 Å². The quantitative estimate of drug-likeness (QED) is 0.494. The Kier molecular flexibility index (Phi) is 7.03. The first-order valence-electron chi connectivity index (χ1n) is 11.4. The Morgan fingerprint density at radius 2 is 2.00 bits per heavy atom. The minimum absolute atomic E-state index is 0.181. The topological polar surface area (TPSA) is 97.1 Å². The highest BCUT2D eigenvalue weighted by atomic mass is 16.5. The number of rotatable bonds is 9. The Labute approximate surface area is 193 Å². The fourth-order valence-corrected chi connectivity index (χ4v) is 4.03. The second kappa shape index (κ2) is 10.1. The fraction of sp³-hybridized carbons (Fsp3) is 0.440. The van der Waals surface area contributed by atoms with Gasteiger partial charge in [-0.15, -0.1) is 0 Å². The van der Waals surface area contributed by atoms with Crippen molar-refractivity contribution >= 4 is 23.1 Å². The van der Waals surface area contributed by atoms with Crippen LogP contribution in [0.2, 0.25) is 0 Å². The van der Waals surface area contributed by atoms with E-state index in [1.807, 2.05) is 18.2 Å². The Balaban J connectivity index is 1.66. The molecule has 0 unspecified atom stereocenters. The highest BCUT2D eigenvalue weighted by Gasteiger charge is 2.26. The van der Waals surface area contributed by atoms with Gasteiger partial charge in [0, 0.05) is 12.6 Å². The molecule has 4 rings (SSSR count). The van der Waals surface area contributed by atoms with Gasteiger partial charge in [-0.2, -0.15) is 4.98 Å². The van der Waals surface area contributed by atoms with Crippen LogP contribution in [0.4, 0.5) is 6.01 Å². The molecule has 8 nitrogen and oxygen atoms in total. The number of nitrogens with one attached hydrogen (secondary N) is 1. The van der Waals surface area contributed by atoms with Gasteiger partial charge < -0.3 is 29.2 Å². The molecule has 176 valence electrons. The second-order valence-corrected chi connectivity index (χ2v) is 8.78. The summed E-state index contributed by atoms with van der Waals surface area (Å²) < 4.78 is 17.6. The Bertz CT molecular complexity index is 1100. The lowest BCUT2D eigenvalue weighted by atomic mass is 10.0. The van der Waals surface area contributed by atoms with Crippen LogP contribution in [0.5, 0.6) is 11.5 Å². The van der Waals surface area contributed by atoms with Crippen LogP contribution in [0.15, 0.2) is 40.8 Å². The lowest BCUT2D eigenvalue weighted by Gasteiger charge is -2.33. The summed E-state index contributed by atoms with van der Waals surface area (Å²) in [7, 11) is 1.64. The number of benzene rings is 2. The summed E-state index contributed by atoms with van der Waals surface area (Å²) in [5.41, 5.74) is 2.35. The molecular formula is C25H31N3O5. The third-order valence-electron chi connectivity index (χ3n) is 5.77. The number of methoxy groups -OCH3 is 1. The van der Waals surface area contributed by atoms with Crippen molar-refractivity contribution in [3.63, 3.8) is 0 Å². The first-order chi connectivity index (χ1) is 15.9. The summed E-state index contributed by atoms with van der Waals surface area (Å²) >= 11 is 0. The van der Waals surface area contributed by atoms with Crippen molar-refractivity contribution in [3.05, 3.63) is 47.5 Å². The number of hydrogen-bond donors (Lipinski definition) is 2. The average molecular weight is 454 g/mol. The van der Waals surface area contributed by atoms with Crippen LogP contribution >= 0.6 is 0 Å². The molecule has 2 heterocycles. The predicted octanol–water partition coefficient (Wildman–Crippen LogP) is 4.33. The molecular weight excluding hydrogens is 422 g/mol. The van der Waals surface area contributed by atoms with E-state index in [9.17, 15) is 9.90 Å². The van der Waals surface area contributed by atoms with Gasteiger partial charge in [0.25, 0.3) is 6.01 Å². The number of carboxylic acid groups (broad SMARTS) is 1. The molecule has 33 heavy (non-hydrogen) atoms. The van der Waals surface area contributed by atoms with E-state index in [1.165, 1.54) is 6.07 Å². The SMILES string of the molecule is COc1ccc(CN(c2nc3ccc(C(=O)O)cc3o2)C2CCNCC2)cc1OCC(C)C. The van der Waals surface area contributed by atoms with Crippen LogP contribution in [0.3, 0.4) is 0 Å². The van der Waals surface area contributed by atoms with Crippen LogP contribution in [-0.4, -0.2) is 48.9 Å². The average Bonchev–Trinajstić information content (AvgIpc) is 3.24. The van der Waals surface area contributed by atoms with E-state index in [0.717, 1.165) is 37.2 Å². The van der Waals surface area contributed by atoms with Gasteiger partial charge in [0.15, 0.2) is 17.1 Å². The van der Waals surface area contributed by atoms with Gasteiger partial charge in [-0.3, -0.25) is 0 Å². The molecule has 1 saturated heterocycles.